The minimum Gasteiger partial charge on any atom is -0.324 e. The van der Waals surface area contributed by atoms with Gasteiger partial charge in [0.2, 0.25) is 17.7 Å². The maximum absolute atomic E-state index is 12.2. The minimum atomic E-state index is -0.360. The van der Waals surface area contributed by atoms with Crippen LogP contribution in [0.5, 0.6) is 0 Å². The first-order valence-corrected chi connectivity index (χ1v) is 8.11. The van der Waals surface area contributed by atoms with Crippen molar-refractivity contribution in [3.8, 4) is 0 Å². The number of carbonyl (C=O) groups is 3. The highest BCUT2D eigenvalue weighted by atomic mass is 32.2. The normalized spacial score (nSPS) is 21.9. The van der Waals surface area contributed by atoms with E-state index in [1.807, 2.05) is 32.0 Å². The number of carbonyl (C=O) groups excluding carboxylic acids is 3. The third-order valence-electron chi connectivity index (χ3n) is 3.60. The Morgan fingerprint density at radius 1 is 1.18 bits per heavy atom. The molecule has 6 heteroatoms. The number of anilines is 1. The second kappa shape index (κ2) is 6.52. The molecule has 1 aromatic carbocycles. The highest BCUT2D eigenvalue weighted by molar-refractivity contribution is 8.02. The van der Waals surface area contributed by atoms with E-state index in [0.29, 0.717) is 5.69 Å². The van der Waals surface area contributed by atoms with Crippen LogP contribution in [0.15, 0.2) is 18.2 Å². The zero-order valence-electron chi connectivity index (χ0n) is 13.2. The molecular weight excluding hydrogens is 300 g/mol. The number of imide groups is 1. The maximum atomic E-state index is 12.2. The fourth-order valence-electron chi connectivity index (χ4n) is 2.33. The van der Waals surface area contributed by atoms with Gasteiger partial charge in [0.05, 0.1) is 10.5 Å². The first-order valence-electron chi connectivity index (χ1n) is 7.17. The lowest BCUT2D eigenvalue weighted by atomic mass is 10.1. The van der Waals surface area contributed by atoms with Crippen molar-refractivity contribution in [3.05, 3.63) is 29.3 Å². The largest absolute Gasteiger partial charge is 0.324 e. The topological polar surface area (TPSA) is 66.5 Å². The molecule has 1 aromatic rings. The smallest absolute Gasteiger partial charge is 0.244 e. The average molecular weight is 320 g/mol. The van der Waals surface area contributed by atoms with Crippen LogP contribution in [-0.4, -0.2) is 39.7 Å². The number of rotatable bonds is 3. The fourth-order valence-corrected chi connectivity index (χ4v) is 3.43. The van der Waals surface area contributed by atoms with E-state index >= 15 is 0 Å². The van der Waals surface area contributed by atoms with Crippen LogP contribution in [0.25, 0.3) is 0 Å². The van der Waals surface area contributed by atoms with Gasteiger partial charge in [0, 0.05) is 5.69 Å². The molecule has 0 radical (unpaired) electrons. The zero-order chi connectivity index (χ0) is 16.4. The summed E-state index contributed by atoms with van der Waals surface area (Å²) in [6.07, 6.45) is 0. The van der Waals surface area contributed by atoms with E-state index in [1.165, 1.54) is 11.8 Å². The monoisotopic (exact) mass is 320 g/mol. The average Bonchev–Trinajstić information content (AvgIpc) is 2.45. The lowest BCUT2D eigenvalue weighted by Gasteiger charge is -2.31. The molecule has 1 aliphatic heterocycles. The van der Waals surface area contributed by atoms with E-state index in [2.05, 4.69) is 5.32 Å². The highest BCUT2D eigenvalue weighted by Gasteiger charge is 2.38. The molecule has 1 N–H and O–H groups in total. The van der Waals surface area contributed by atoms with Crippen molar-refractivity contribution < 1.29 is 14.4 Å². The van der Waals surface area contributed by atoms with Crippen molar-refractivity contribution in [2.45, 2.75) is 38.2 Å². The summed E-state index contributed by atoms with van der Waals surface area (Å²) in [5.74, 6) is -0.963. The fraction of sp³-hybridized carbons (Fsp3) is 0.438. The number of hydrogen-bond donors (Lipinski definition) is 1. The van der Waals surface area contributed by atoms with Crippen molar-refractivity contribution in [2.24, 2.45) is 0 Å². The number of aryl methyl sites for hydroxylation is 2. The first-order chi connectivity index (χ1) is 10.3. The number of thioether (sulfide) groups is 1. The van der Waals surface area contributed by atoms with Crippen molar-refractivity contribution >= 4 is 35.2 Å². The summed E-state index contributed by atoms with van der Waals surface area (Å²) in [6, 6.07) is 5.75. The van der Waals surface area contributed by atoms with Crippen LogP contribution in [0.3, 0.4) is 0 Å². The van der Waals surface area contributed by atoms with Gasteiger partial charge in [-0.25, -0.2) is 0 Å². The third kappa shape index (κ3) is 3.50. The second-order valence-corrected chi connectivity index (χ2v) is 7.24. The Balaban J connectivity index is 2.09. The predicted octanol–water partition coefficient (Wildman–Crippen LogP) is 2.12. The van der Waals surface area contributed by atoms with Crippen molar-refractivity contribution in [3.63, 3.8) is 0 Å². The lowest BCUT2D eigenvalue weighted by Crippen LogP contribution is -2.52. The molecule has 0 aromatic heterocycles. The predicted molar refractivity (Wildman–Crippen MR) is 87.8 cm³/mol. The lowest BCUT2D eigenvalue weighted by molar-refractivity contribution is -0.147. The van der Waals surface area contributed by atoms with Crippen molar-refractivity contribution in [1.82, 2.24) is 4.90 Å². The quantitative estimate of drug-likeness (QED) is 0.866. The Hall–Kier alpha value is -1.82. The van der Waals surface area contributed by atoms with Crippen molar-refractivity contribution in [2.75, 3.05) is 11.9 Å². The number of benzene rings is 1. The summed E-state index contributed by atoms with van der Waals surface area (Å²) in [6.45, 7) is 7.11. The molecule has 0 bridgehead atoms. The van der Waals surface area contributed by atoms with Gasteiger partial charge in [-0.2, -0.15) is 0 Å². The Kier molecular flexibility index (Phi) is 4.90. The molecule has 1 heterocycles. The van der Waals surface area contributed by atoms with Crippen LogP contribution in [0.1, 0.15) is 25.0 Å². The molecule has 22 heavy (non-hydrogen) atoms. The number of amides is 3. The maximum Gasteiger partial charge on any atom is 0.244 e. The molecule has 2 atom stereocenters. The van der Waals surface area contributed by atoms with Gasteiger partial charge in [0.25, 0.3) is 0 Å². The van der Waals surface area contributed by atoms with Crippen LogP contribution in [-0.2, 0) is 14.4 Å². The molecule has 3 amide bonds. The summed E-state index contributed by atoms with van der Waals surface area (Å²) >= 11 is 1.32. The van der Waals surface area contributed by atoms with E-state index in [0.717, 1.165) is 16.0 Å². The van der Waals surface area contributed by atoms with Crippen LogP contribution in [0.4, 0.5) is 5.69 Å². The van der Waals surface area contributed by atoms with Gasteiger partial charge in [-0.15, -0.1) is 11.8 Å². The summed E-state index contributed by atoms with van der Waals surface area (Å²) in [5.41, 5.74) is 2.68. The molecule has 2 rings (SSSR count). The summed E-state index contributed by atoms with van der Waals surface area (Å²) in [5, 5.41) is 2.17. The van der Waals surface area contributed by atoms with Gasteiger partial charge < -0.3 is 5.32 Å². The number of nitrogens with one attached hydrogen (secondary N) is 1. The molecule has 1 fully saturated rings. The molecular formula is C16H20N2O3S. The Bertz CT molecular complexity index is 610. The molecule has 5 nitrogen and oxygen atoms in total. The van der Waals surface area contributed by atoms with Crippen LogP contribution < -0.4 is 5.32 Å². The van der Waals surface area contributed by atoms with Crippen LogP contribution >= 0.6 is 11.8 Å². The van der Waals surface area contributed by atoms with E-state index in [4.69, 9.17) is 0 Å². The second-order valence-electron chi connectivity index (χ2n) is 5.55. The van der Waals surface area contributed by atoms with Crippen molar-refractivity contribution in [1.29, 1.82) is 0 Å². The SMILES string of the molecule is Cc1ccc(C)c(NC(=O)CN2C(=O)[C@H](C)S[C@@H](C)C2=O)c1. The van der Waals surface area contributed by atoms with Gasteiger partial charge in [0.15, 0.2) is 0 Å². The van der Waals surface area contributed by atoms with Gasteiger partial charge >= 0.3 is 0 Å². The molecule has 0 spiro atoms. The molecule has 0 saturated carbocycles. The molecule has 118 valence electrons. The Morgan fingerprint density at radius 2 is 1.77 bits per heavy atom. The van der Waals surface area contributed by atoms with Gasteiger partial charge in [-0.3, -0.25) is 19.3 Å². The molecule has 0 unspecified atom stereocenters. The van der Waals surface area contributed by atoms with E-state index in [-0.39, 0.29) is 34.8 Å². The number of hydrogen-bond acceptors (Lipinski definition) is 4. The van der Waals surface area contributed by atoms with E-state index < -0.39 is 0 Å². The molecule has 1 aliphatic rings. The molecule has 0 aliphatic carbocycles. The Morgan fingerprint density at radius 3 is 2.36 bits per heavy atom. The van der Waals surface area contributed by atoms with Crippen LogP contribution in [0, 0.1) is 13.8 Å². The minimum absolute atomic E-state index is 0.236. The summed E-state index contributed by atoms with van der Waals surface area (Å²) in [7, 11) is 0. The summed E-state index contributed by atoms with van der Waals surface area (Å²) < 4.78 is 0. The Labute approximate surface area is 134 Å². The van der Waals surface area contributed by atoms with Gasteiger partial charge in [0.1, 0.15) is 6.54 Å². The standard InChI is InChI=1S/C16H20N2O3S/c1-9-5-6-10(2)13(7-9)17-14(19)8-18-15(20)11(3)22-12(4)16(18)21/h5-7,11-12H,8H2,1-4H3,(H,17,19)/t11-,12-/m0/s1. The first kappa shape index (κ1) is 16.5. The highest BCUT2D eigenvalue weighted by Crippen LogP contribution is 2.27. The van der Waals surface area contributed by atoms with Gasteiger partial charge in [-0.1, -0.05) is 12.1 Å². The van der Waals surface area contributed by atoms with Crippen LogP contribution in [0.2, 0.25) is 0 Å². The zero-order valence-corrected chi connectivity index (χ0v) is 14.0. The summed E-state index contributed by atoms with van der Waals surface area (Å²) in [4.78, 5) is 37.4. The third-order valence-corrected chi connectivity index (χ3v) is 4.82. The van der Waals surface area contributed by atoms with E-state index in [1.54, 1.807) is 13.8 Å². The molecule has 1 saturated heterocycles. The van der Waals surface area contributed by atoms with E-state index in [9.17, 15) is 14.4 Å². The van der Waals surface area contributed by atoms with Gasteiger partial charge in [-0.05, 0) is 44.9 Å². The number of nitrogens with zero attached hydrogens (tertiary/aromatic N) is 1.